The number of esters is 1. The number of fused-ring (bicyclic) bond motifs is 1. The van der Waals surface area contributed by atoms with Gasteiger partial charge in [-0.15, -0.1) is 0 Å². The first-order valence-corrected chi connectivity index (χ1v) is 7.17. The number of hydrogen-bond donors (Lipinski definition) is 1. The van der Waals surface area contributed by atoms with E-state index in [0.717, 1.165) is 16.9 Å². The van der Waals surface area contributed by atoms with Crippen LogP contribution in [0, 0.1) is 12.8 Å². The monoisotopic (exact) mass is 292 g/mol. The largest absolute Gasteiger partial charge is 0.496 e. The van der Waals surface area contributed by atoms with Gasteiger partial charge in [0.05, 0.1) is 25.7 Å². The zero-order valence-corrected chi connectivity index (χ0v) is 12.5. The molecule has 1 N–H and O–H groups in total. The maximum absolute atomic E-state index is 12.0. The van der Waals surface area contributed by atoms with Gasteiger partial charge in [-0.2, -0.15) is 0 Å². The molecule has 3 rings (SSSR count). The van der Waals surface area contributed by atoms with Gasteiger partial charge in [-0.3, -0.25) is 4.79 Å². The summed E-state index contributed by atoms with van der Waals surface area (Å²) in [6.45, 7) is 3.70. The Bertz CT molecular complexity index is 570. The Morgan fingerprint density at radius 3 is 2.86 bits per heavy atom. The molecule has 1 aromatic carbocycles. The molecule has 0 aliphatic carbocycles. The van der Waals surface area contributed by atoms with Crippen LogP contribution in [0.5, 0.6) is 5.75 Å². The number of carbonyl (C=O) groups excluding carboxylic acids is 1. The summed E-state index contributed by atoms with van der Waals surface area (Å²) < 4.78 is 16.8. The number of aliphatic hydroxyl groups is 1. The van der Waals surface area contributed by atoms with E-state index in [1.165, 1.54) is 0 Å². The van der Waals surface area contributed by atoms with Crippen LogP contribution in [-0.4, -0.2) is 37.0 Å². The molecular weight excluding hydrogens is 272 g/mol. The summed E-state index contributed by atoms with van der Waals surface area (Å²) in [5, 5.41) is 9.39. The van der Waals surface area contributed by atoms with Crippen LogP contribution in [0.4, 0.5) is 0 Å². The van der Waals surface area contributed by atoms with Gasteiger partial charge in [-0.25, -0.2) is 0 Å². The van der Waals surface area contributed by atoms with Crippen molar-refractivity contribution in [1.29, 1.82) is 0 Å². The van der Waals surface area contributed by atoms with E-state index in [4.69, 9.17) is 14.2 Å². The van der Waals surface area contributed by atoms with Gasteiger partial charge in [0.25, 0.3) is 0 Å². The maximum atomic E-state index is 12.0. The quantitative estimate of drug-likeness (QED) is 0.856. The molecule has 5 heteroatoms. The van der Waals surface area contributed by atoms with Crippen molar-refractivity contribution in [3.63, 3.8) is 0 Å². The third-order valence-corrected chi connectivity index (χ3v) is 4.62. The molecule has 0 spiro atoms. The Balaban J connectivity index is 2.07. The normalized spacial score (nSPS) is 34.7. The Hall–Kier alpha value is -1.59. The van der Waals surface area contributed by atoms with Gasteiger partial charge in [0, 0.05) is 6.42 Å². The van der Waals surface area contributed by atoms with Crippen molar-refractivity contribution in [2.24, 2.45) is 5.92 Å². The summed E-state index contributed by atoms with van der Waals surface area (Å²) in [4.78, 5) is 12.0. The van der Waals surface area contributed by atoms with Crippen LogP contribution in [0.25, 0.3) is 0 Å². The molecule has 114 valence electrons. The summed E-state index contributed by atoms with van der Waals surface area (Å²) >= 11 is 0. The molecule has 2 aliphatic heterocycles. The average molecular weight is 292 g/mol. The molecule has 0 saturated carbocycles. The summed E-state index contributed by atoms with van der Waals surface area (Å²) in [5.74, 6) is 0.151. The van der Waals surface area contributed by atoms with E-state index in [1.54, 1.807) is 7.11 Å². The van der Waals surface area contributed by atoms with Crippen molar-refractivity contribution in [3.05, 3.63) is 29.3 Å². The molecular formula is C16H20O5. The number of ether oxygens (including phenoxy) is 3. The molecule has 2 saturated heterocycles. The second-order valence-electron chi connectivity index (χ2n) is 5.78. The van der Waals surface area contributed by atoms with Gasteiger partial charge in [0.2, 0.25) is 0 Å². The third kappa shape index (κ3) is 1.95. The highest BCUT2D eigenvalue weighted by Crippen LogP contribution is 2.51. The molecule has 1 aromatic rings. The molecule has 2 heterocycles. The van der Waals surface area contributed by atoms with Gasteiger partial charge in [-0.1, -0.05) is 6.07 Å². The highest BCUT2D eigenvalue weighted by atomic mass is 16.6. The zero-order chi connectivity index (χ0) is 15.2. The number of carbonyl (C=O) groups is 1. The predicted octanol–water partition coefficient (Wildman–Crippen LogP) is 1.54. The van der Waals surface area contributed by atoms with Crippen LogP contribution in [0.15, 0.2) is 18.2 Å². The van der Waals surface area contributed by atoms with Crippen LogP contribution in [-0.2, 0) is 19.9 Å². The lowest BCUT2D eigenvalue weighted by molar-refractivity contribution is -0.145. The summed E-state index contributed by atoms with van der Waals surface area (Å²) in [7, 11) is 1.63. The Labute approximate surface area is 123 Å². The lowest BCUT2D eigenvalue weighted by Gasteiger charge is -2.31. The van der Waals surface area contributed by atoms with Crippen molar-refractivity contribution in [3.8, 4) is 5.75 Å². The van der Waals surface area contributed by atoms with Crippen molar-refractivity contribution < 1.29 is 24.1 Å². The van der Waals surface area contributed by atoms with E-state index in [2.05, 4.69) is 0 Å². The first-order chi connectivity index (χ1) is 10.0. The van der Waals surface area contributed by atoms with E-state index in [-0.39, 0.29) is 24.8 Å². The summed E-state index contributed by atoms with van der Waals surface area (Å²) in [5.41, 5.74) is 1.08. The van der Waals surface area contributed by atoms with Crippen LogP contribution in [0.2, 0.25) is 0 Å². The number of aryl methyl sites for hydroxylation is 1. The predicted molar refractivity (Wildman–Crippen MR) is 75.0 cm³/mol. The first-order valence-electron chi connectivity index (χ1n) is 7.17. The Kier molecular flexibility index (Phi) is 3.42. The summed E-state index contributed by atoms with van der Waals surface area (Å²) in [6.07, 6.45) is -0.115. The molecule has 2 fully saturated rings. The second-order valence-corrected chi connectivity index (χ2v) is 5.78. The van der Waals surface area contributed by atoms with Crippen molar-refractivity contribution in [2.45, 2.75) is 38.1 Å². The van der Waals surface area contributed by atoms with Gasteiger partial charge in [-0.05, 0) is 37.1 Å². The van der Waals surface area contributed by atoms with E-state index >= 15 is 0 Å². The van der Waals surface area contributed by atoms with E-state index in [1.807, 2.05) is 32.0 Å². The lowest BCUT2D eigenvalue weighted by Crippen LogP contribution is -2.38. The molecule has 4 atom stereocenters. The Morgan fingerprint density at radius 1 is 1.48 bits per heavy atom. The van der Waals surface area contributed by atoms with Crippen LogP contribution < -0.4 is 4.74 Å². The van der Waals surface area contributed by atoms with E-state index in [0.29, 0.717) is 6.42 Å². The minimum atomic E-state index is -0.804. The second kappa shape index (κ2) is 5.00. The fourth-order valence-electron chi connectivity index (χ4n) is 3.48. The molecule has 0 aromatic heterocycles. The molecule has 0 radical (unpaired) electrons. The first kappa shape index (κ1) is 14.4. The zero-order valence-electron chi connectivity index (χ0n) is 12.5. The average Bonchev–Trinajstić information content (AvgIpc) is 2.95. The minimum absolute atomic E-state index is 0.0718. The maximum Gasteiger partial charge on any atom is 0.312 e. The Morgan fingerprint density at radius 2 is 2.24 bits per heavy atom. The third-order valence-electron chi connectivity index (χ3n) is 4.62. The van der Waals surface area contributed by atoms with Crippen molar-refractivity contribution in [1.82, 2.24) is 0 Å². The number of hydrogen-bond acceptors (Lipinski definition) is 5. The van der Waals surface area contributed by atoms with Gasteiger partial charge >= 0.3 is 5.97 Å². The SMILES string of the molecule is COc1ccc(C23OC(CO)CC2OC(=O)C3C)cc1C. The van der Waals surface area contributed by atoms with Gasteiger partial charge < -0.3 is 19.3 Å². The molecule has 21 heavy (non-hydrogen) atoms. The minimum Gasteiger partial charge on any atom is -0.496 e. The van der Waals surface area contributed by atoms with Crippen molar-refractivity contribution in [2.75, 3.05) is 13.7 Å². The van der Waals surface area contributed by atoms with Crippen LogP contribution in [0.3, 0.4) is 0 Å². The van der Waals surface area contributed by atoms with Crippen LogP contribution >= 0.6 is 0 Å². The fourth-order valence-corrected chi connectivity index (χ4v) is 3.48. The van der Waals surface area contributed by atoms with E-state index < -0.39 is 11.5 Å². The molecule has 4 unspecified atom stereocenters. The molecule has 0 bridgehead atoms. The topological polar surface area (TPSA) is 65.0 Å². The van der Waals surface area contributed by atoms with Gasteiger partial charge in [0.1, 0.15) is 17.5 Å². The standard InChI is InChI=1S/C16H20O5/c1-9-6-11(4-5-13(9)19-3)16-10(2)15(18)20-14(16)7-12(8-17)21-16/h4-6,10,12,14,17H,7-8H2,1-3H3. The number of methoxy groups -OCH3 is 1. The van der Waals surface area contributed by atoms with Crippen molar-refractivity contribution >= 4 is 5.97 Å². The molecule has 5 nitrogen and oxygen atoms in total. The lowest BCUT2D eigenvalue weighted by atomic mass is 9.80. The van der Waals surface area contributed by atoms with Crippen LogP contribution in [0.1, 0.15) is 24.5 Å². The highest BCUT2D eigenvalue weighted by molar-refractivity contribution is 5.77. The smallest absolute Gasteiger partial charge is 0.312 e. The highest BCUT2D eigenvalue weighted by Gasteiger charge is 2.62. The number of benzene rings is 1. The molecule has 2 aliphatic rings. The molecule has 0 amide bonds. The fraction of sp³-hybridized carbons (Fsp3) is 0.562. The summed E-state index contributed by atoms with van der Waals surface area (Å²) in [6, 6.07) is 5.77. The number of rotatable bonds is 3. The van der Waals surface area contributed by atoms with E-state index in [9.17, 15) is 9.90 Å². The van der Waals surface area contributed by atoms with Gasteiger partial charge in [0.15, 0.2) is 0 Å². The number of aliphatic hydroxyl groups excluding tert-OH is 1.